The predicted octanol–water partition coefficient (Wildman–Crippen LogP) is 2.02. The second kappa shape index (κ2) is 5.01. The predicted molar refractivity (Wildman–Crippen MR) is 58.7 cm³/mol. The van der Waals surface area contributed by atoms with Crippen LogP contribution in [0.1, 0.15) is 6.42 Å². The van der Waals surface area contributed by atoms with Gasteiger partial charge in [0.25, 0.3) is 0 Å². The molecule has 1 aromatic heterocycles. The summed E-state index contributed by atoms with van der Waals surface area (Å²) in [5.74, 6) is 0.523. The Balaban J connectivity index is 2.09. The van der Waals surface area contributed by atoms with Crippen molar-refractivity contribution >= 4 is 23.4 Å². The van der Waals surface area contributed by atoms with Crippen molar-refractivity contribution in [3.63, 3.8) is 0 Å². The molecule has 15 heavy (non-hydrogen) atoms. The SMILES string of the molecule is CSc1nc(Cl)cc(OC2CCOC2)n1. The summed E-state index contributed by atoms with van der Waals surface area (Å²) in [4.78, 5) is 8.24. The summed E-state index contributed by atoms with van der Waals surface area (Å²) >= 11 is 7.28. The molecule has 1 aliphatic heterocycles. The fourth-order valence-electron chi connectivity index (χ4n) is 1.31. The van der Waals surface area contributed by atoms with E-state index in [1.54, 1.807) is 6.07 Å². The quantitative estimate of drug-likeness (QED) is 0.464. The molecule has 0 N–H and O–H groups in total. The van der Waals surface area contributed by atoms with Crippen molar-refractivity contribution in [1.82, 2.24) is 9.97 Å². The molecule has 6 heteroatoms. The monoisotopic (exact) mass is 246 g/mol. The number of hydrogen-bond acceptors (Lipinski definition) is 5. The lowest BCUT2D eigenvalue weighted by atomic mass is 10.3. The number of halogens is 1. The second-order valence-electron chi connectivity index (χ2n) is 3.12. The van der Waals surface area contributed by atoms with Gasteiger partial charge in [-0.1, -0.05) is 23.4 Å². The molecule has 4 nitrogen and oxygen atoms in total. The van der Waals surface area contributed by atoms with Gasteiger partial charge in [0.05, 0.1) is 13.2 Å². The lowest BCUT2D eigenvalue weighted by Crippen LogP contribution is -2.16. The Bertz CT molecular complexity index is 345. The molecular weight excluding hydrogens is 236 g/mol. The fraction of sp³-hybridized carbons (Fsp3) is 0.556. The number of hydrogen-bond donors (Lipinski definition) is 0. The zero-order valence-corrected chi connectivity index (χ0v) is 9.85. The lowest BCUT2D eigenvalue weighted by Gasteiger charge is -2.11. The Labute approximate surface area is 97.3 Å². The minimum Gasteiger partial charge on any atom is -0.472 e. The van der Waals surface area contributed by atoms with Gasteiger partial charge in [-0.15, -0.1) is 0 Å². The molecule has 0 amide bonds. The molecule has 1 aliphatic rings. The Hall–Kier alpha value is -0.520. The van der Waals surface area contributed by atoms with Gasteiger partial charge in [-0.05, 0) is 6.26 Å². The van der Waals surface area contributed by atoms with Crippen molar-refractivity contribution in [2.24, 2.45) is 0 Å². The highest BCUT2D eigenvalue weighted by molar-refractivity contribution is 7.98. The third-order valence-electron chi connectivity index (χ3n) is 2.01. The zero-order chi connectivity index (χ0) is 10.7. The van der Waals surface area contributed by atoms with Gasteiger partial charge in [0, 0.05) is 12.5 Å². The van der Waals surface area contributed by atoms with Crippen LogP contribution in [0.15, 0.2) is 11.2 Å². The molecular formula is C9H11ClN2O2S. The lowest BCUT2D eigenvalue weighted by molar-refractivity contribution is 0.137. The first-order valence-corrected chi connectivity index (χ1v) is 6.21. The maximum absolute atomic E-state index is 5.84. The van der Waals surface area contributed by atoms with Gasteiger partial charge in [0.1, 0.15) is 11.3 Å². The maximum atomic E-state index is 5.84. The fourth-order valence-corrected chi connectivity index (χ4v) is 1.90. The van der Waals surface area contributed by atoms with E-state index in [0.29, 0.717) is 22.8 Å². The zero-order valence-electron chi connectivity index (χ0n) is 8.27. The maximum Gasteiger partial charge on any atom is 0.219 e. The third kappa shape index (κ3) is 2.96. The van der Waals surface area contributed by atoms with E-state index in [-0.39, 0.29) is 6.10 Å². The van der Waals surface area contributed by atoms with E-state index in [1.807, 2.05) is 6.26 Å². The van der Waals surface area contributed by atoms with Crippen molar-refractivity contribution in [3.8, 4) is 5.88 Å². The Morgan fingerprint density at radius 2 is 2.47 bits per heavy atom. The molecule has 0 aliphatic carbocycles. The van der Waals surface area contributed by atoms with Gasteiger partial charge >= 0.3 is 0 Å². The largest absolute Gasteiger partial charge is 0.472 e. The van der Waals surface area contributed by atoms with Crippen LogP contribution in [-0.4, -0.2) is 35.5 Å². The van der Waals surface area contributed by atoms with Crippen molar-refractivity contribution in [2.45, 2.75) is 17.7 Å². The van der Waals surface area contributed by atoms with E-state index >= 15 is 0 Å². The summed E-state index contributed by atoms with van der Waals surface area (Å²) in [6, 6.07) is 1.62. The first-order valence-electron chi connectivity index (χ1n) is 4.61. The highest BCUT2D eigenvalue weighted by atomic mass is 35.5. The molecule has 1 aromatic rings. The normalized spacial score (nSPS) is 20.5. The number of thioether (sulfide) groups is 1. The number of rotatable bonds is 3. The summed E-state index contributed by atoms with van der Waals surface area (Å²) < 4.78 is 10.8. The van der Waals surface area contributed by atoms with Crippen molar-refractivity contribution in [3.05, 3.63) is 11.2 Å². The van der Waals surface area contributed by atoms with Crippen LogP contribution in [0.4, 0.5) is 0 Å². The van der Waals surface area contributed by atoms with Crippen LogP contribution in [0.5, 0.6) is 5.88 Å². The van der Waals surface area contributed by atoms with E-state index < -0.39 is 0 Å². The Morgan fingerprint density at radius 3 is 3.13 bits per heavy atom. The van der Waals surface area contributed by atoms with Crippen LogP contribution >= 0.6 is 23.4 Å². The standard InChI is InChI=1S/C9H11ClN2O2S/c1-15-9-11-7(10)4-8(12-9)14-6-2-3-13-5-6/h4,6H,2-3,5H2,1H3. The van der Waals surface area contributed by atoms with Crippen LogP contribution < -0.4 is 4.74 Å². The minimum absolute atomic E-state index is 0.0886. The van der Waals surface area contributed by atoms with Crippen LogP contribution in [0.3, 0.4) is 0 Å². The first-order chi connectivity index (χ1) is 7.28. The van der Waals surface area contributed by atoms with Crippen molar-refractivity contribution in [2.75, 3.05) is 19.5 Å². The molecule has 1 fully saturated rings. The smallest absolute Gasteiger partial charge is 0.219 e. The molecule has 2 rings (SSSR count). The molecule has 2 heterocycles. The van der Waals surface area contributed by atoms with E-state index in [9.17, 15) is 0 Å². The number of aromatic nitrogens is 2. The molecule has 1 saturated heterocycles. The van der Waals surface area contributed by atoms with Crippen LogP contribution in [-0.2, 0) is 4.74 Å². The minimum atomic E-state index is 0.0886. The molecule has 0 spiro atoms. The number of ether oxygens (including phenoxy) is 2. The third-order valence-corrected chi connectivity index (χ3v) is 2.75. The van der Waals surface area contributed by atoms with E-state index in [1.165, 1.54) is 11.8 Å². The van der Waals surface area contributed by atoms with Crippen LogP contribution in [0.2, 0.25) is 5.15 Å². The van der Waals surface area contributed by atoms with Gasteiger partial charge in [0.2, 0.25) is 5.88 Å². The Morgan fingerprint density at radius 1 is 1.60 bits per heavy atom. The van der Waals surface area contributed by atoms with Crippen molar-refractivity contribution < 1.29 is 9.47 Å². The highest BCUT2D eigenvalue weighted by Crippen LogP contribution is 2.21. The van der Waals surface area contributed by atoms with Gasteiger partial charge in [-0.2, -0.15) is 4.98 Å². The average molecular weight is 247 g/mol. The first kappa shape index (κ1) is 11.0. The van der Waals surface area contributed by atoms with E-state index in [2.05, 4.69) is 9.97 Å². The van der Waals surface area contributed by atoms with E-state index in [4.69, 9.17) is 21.1 Å². The second-order valence-corrected chi connectivity index (χ2v) is 4.28. The number of nitrogens with zero attached hydrogens (tertiary/aromatic N) is 2. The molecule has 0 radical (unpaired) electrons. The van der Waals surface area contributed by atoms with Gasteiger partial charge < -0.3 is 9.47 Å². The highest BCUT2D eigenvalue weighted by Gasteiger charge is 2.18. The molecule has 0 bridgehead atoms. The summed E-state index contributed by atoms with van der Waals surface area (Å²) in [5, 5.41) is 1.03. The molecule has 0 saturated carbocycles. The summed E-state index contributed by atoms with van der Waals surface area (Å²) in [5.41, 5.74) is 0. The molecule has 82 valence electrons. The van der Waals surface area contributed by atoms with Crippen LogP contribution in [0.25, 0.3) is 0 Å². The topological polar surface area (TPSA) is 44.2 Å². The molecule has 1 unspecified atom stereocenters. The van der Waals surface area contributed by atoms with E-state index in [0.717, 1.165) is 13.0 Å². The van der Waals surface area contributed by atoms with Crippen molar-refractivity contribution in [1.29, 1.82) is 0 Å². The van der Waals surface area contributed by atoms with Gasteiger partial charge in [0.15, 0.2) is 5.16 Å². The van der Waals surface area contributed by atoms with Gasteiger partial charge in [-0.3, -0.25) is 0 Å². The summed E-state index contributed by atoms with van der Waals surface area (Å²) in [7, 11) is 0. The molecule has 1 atom stereocenters. The van der Waals surface area contributed by atoms with Crippen LogP contribution in [0, 0.1) is 0 Å². The van der Waals surface area contributed by atoms with Gasteiger partial charge in [-0.25, -0.2) is 4.98 Å². The summed E-state index contributed by atoms with van der Waals surface area (Å²) in [6.45, 7) is 1.37. The summed E-state index contributed by atoms with van der Waals surface area (Å²) in [6.07, 6.45) is 2.88. The molecule has 0 aromatic carbocycles. The Kier molecular flexibility index (Phi) is 3.66. The average Bonchev–Trinajstić information content (AvgIpc) is 2.69.